The second kappa shape index (κ2) is 6.48. The summed E-state index contributed by atoms with van der Waals surface area (Å²) in [6.07, 6.45) is 9.52. The molecule has 1 aliphatic carbocycles. The summed E-state index contributed by atoms with van der Waals surface area (Å²) in [5.41, 5.74) is 1.41. The molecule has 2 atom stereocenters. The maximum Gasteiger partial charge on any atom is 0.249 e. The number of nitrogens with zero attached hydrogens (tertiary/aromatic N) is 3. The molecule has 4 rings (SSSR count). The second-order valence-corrected chi connectivity index (χ2v) is 8.03. The van der Waals surface area contributed by atoms with Crippen molar-refractivity contribution in [1.82, 2.24) is 20.0 Å². The van der Waals surface area contributed by atoms with Crippen molar-refractivity contribution in [3.05, 3.63) is 18.0 Å². The van der Waals surface area contributed by atoms with E-state index in [9.17, 15) is 4.79 Å². The number of amides is 1. The molecule has 2 saturated heterocycles. The van der Waals surface area contributed by atoms with Crippen LogP contribution in [0.5, 0.6) is 0 Å². The fourth-order valence-corrected chi connectivity index (χ4v) is 4.18. The van der Waals surface area contributed by atoms with E-state index in [1.807, 2.05) is 17.9 Å². The highest BCUT2D eigenvalue weighted by Gasteiger charge is 2.45. The van der Waals surface area contributed by atoms with Crippen molar-refractivity contribution >= 4 is 5.91 Å². The third-order valence-corrected chi connectivity index (χ3v) is 5.67. The Morgan fingerprint density at radius 1 is 1.50 bits per heavy atom. The van der Waals surface area contributed by atoms with Gasteiger partial charge in [-0.05, 0) is 44.6 Å². The van der Waals surface area contributed by atoms with Crippen LogP contribution in [0.3, 0.4) is 0 Å². The lowest BCUT2D eigenvalue weighted by molar-refractivity contribution is -0.130. The summed E-state index contributed by atoms with van der Waals surface area (Å²) in [4.78, 5) is 14.8. The Morgan fingerprint density at radius 3 is 3.12 bits per heavy atom. The summed E-state index contributed by atoms with van der Waals surface area (Å²) in [5, 5.41) is 7.33. The lowest BCUT2D eigenvalue weighted by atomic mass is 9.78. The molecule has 0 aromatic carbocycles. The minimum atomic E-state index is -0.248. The molecule has 3 fully saturated rings. The Balaban J connectivity index is 1.32. The highest BCUT2D eigenvalue weighted by Crippen LogP contribution is 2.41. The number of hydrogen-bond donors (Lipinski definition) is 1. The van der Waals surface area contributed by atoms with Crippen molar-refractivity contribution < 1.29 is 9.53 Å². The van der Waals surface area contributed by atoms with E-state index in [0.717, 1.165) is 39.2 Å². The molecule has 1 N–H and O–H groups in total. The molecule has 0 bridgehead atoms. The van der Waals surface area contributed by atoms with E-state index in [-0.39, 0.29) is 17.4 Å². The number of hydrogen-bond acceptors (Lipinski definition) is 4. The summed E-state index contributed by atoms with van der Waals surface area (Å²) in [5.74, 6) is 0.817. The average Bonchev–Trinajstić information content (AvgIpc) is 3.19. The minimum Gasteiger partial charge on any atom is -0.368 e. The van der Waals surface area contributed by atoms with E-state index in [4.69, 9.17) is 4.74 Å². The number of rotatable bonds is 5. The van der Waals surface area contributed by atoms with Gasteiger partial charge in [-0.3, -0.25) is 14.4 Å². The highest BCUT2D eigenvalue weighted by atomic mass is 16.5. The fraction of sp³-hybridized carbons (Fsp3) is 0.778. The Morgan fingerprint density at radius 2 is 2.38 bits per heavy atom. The van der Waals surface area contributed by atoms with Gasteiger partial charge in [0.2, 0.25) is 5.91 Å². The number of piperidine rings is 1. The quantitative estimate of drug-likeness (QED) is 0.883. The molecule has 1 aromatic rings. The third-order valence-electron chi connectivity index (χ3n) is 5.67. The number of aryl methyl sites for hydroxylation is 1. The van der Waals surface area contributed by atoms with Gasteiger partial charge < -0.3 is 10.1 Å². The summed E-state index contributed by atoms with van der Waals surface area (Å²) in [6, 6.07) is 0. The van der Waals surface area contributed by atoms with Crippen molar-refractivity contribution in [2.24, 2.45) is 18.4 Å². The SMILES string of the molecule is Cn1cc(CN2CCC[C@@]3(CO[C@H](C(=O)NCC4CC4)C3)C2)cn1. The van der Waals surface area contributed by atoms with Crippen LogP contribution in [-0.4, -0.2) is 52.9 Å². The van der Waals surface area contributed by atoms with Gasteiger partial charge in [0.15, 0.2) is 0 Å². The zero-order chi connectivity index (χ0) is 16.6. The predicted octanol–water partition coefficient (Wildman–Crippen LogP) is 1.32. The molecular formula is C18H28N4O2. The summed E-state index contributed by atoms with van der Waals surface area (Å²) in [6.45, 7) is 4.63. The van der Waals surface area contributed by atoms with Crippen molar-refractivity contribution in [1.29, 1.82) is 0 Å². The monoisotopic (exact) mass is 332 g/mol. The number of likely N-dealkylation sites (tertiary alicyclic amines) is 1. The number of aromatic nitrogens is 2. The average molecular weight is 332 g/mol. The van der Waals surface area contributed by atoms with E-state index in [0.29, 0.717) is 5.92 Å². The summed E-state index contributed by atoms with van der Waals surface area (Å²) < 4.78 is 7.76. The molecule has 6 heteroatoms. The van der Waals surface area contributed by atoms with Crippen LogP contribution in [0.25, 0.3) is 0 Å². The Bertz CT molecular complexity index is 598. The van der Waals surface area contributed by atoms with E-state index in [1.54, 1.807) is 0 Å². The number of ether oxygens (including phenoxy) is 1. The van der Waals surface area contributed by atoms with Gasteiger partial charge in [-0.2, -0.15) is 5.10 Å². The molecule has 1 amide bonds. The van der Waals surface area contributed by atoms with Gasteiger partial charge >= 0.3 is 0 Å². The van der Waals surface area contributed by atoms with Crippen LogP contribution in [0.15, 0.2) is 12.4 Å². The van der Waals surface area contributed by atoms with Crippen LogP contribution in [0.4, 0.5) is 0 Å². The summed E-state index contributed by atoms with van der Waals surface area (Å²) >= 11 is 0. The van der Waals surface area contributed by atoms with Gasteiger partial charge in [-0.1, -0.05) is 0 Å². The van der Waals surface area contributed by atoms with Gasteiger partial charge in [0.05, 0.1) is 12.8 Å². The van der Waals surface area contributed by atoms with Gasteiger partial charge in [0, 0.05) is 43.9 Å². The minimum absolute atomic E-state index is 0.100. The van der Waals surface area contributed by atoms with Gasteiger partial charge in [-0.15, -0.1) is 0 Å². The number of nitrogens with one attached hydrogen (secondary N) is 1. The topological polar surface area (TPSA) is 59.4 Å². The van der Waals surface area contributed by atoms with Gasteiger partial charge in [0.25, 0.3) is 0 Å². The molecule has 3 aliphatic rings. The van der Waals surface area contributed by atoms with Crippen molar-refractivity contribution in [2.75, 3.05) is 26.2 Å². The van der Waals surface area contributed by atoms with Crippen LogP contribution in [-0.2, 0) is 23.1 Å². The molecule has 0 radical (unpaired) electrons. The fourth-order valence-electron chi connectivity index (χ4n) is 4.18. The molecule has 3 heterocycles. The standard InChI is InChI=1S/C18H28N4O2/c1-21-10-15(9-20-21)11-22-6-2-5-18(12-22)7-16(24-13-18)17(23)19-8-14-3-4-14/h9-10,14,16H,2-8,11-13H2,1H3,(H,19,23)/t16-,18-/m0/s1. The molecule has 1 spiro atoms. The Hall–Kier alpha value is -1.40. The lowest BCUT2D eigenvalue weighted by Crippen LogP contribution is -2.44. The first kappa shape index (κ1) is 16.1. The zero-order valence-corrected chi connectivity index (χ0v) is 14.5. The Kier molecular flexibility index (Phi) is 4.35. The molecule has 0 unspecified atom stereocenters. The summed E-state index contributed by atoms with van der Waals surface area (Å²) in [7, 11) is 1.96. The molecule has 6 nitrogen and oxygen atoms in total. The molecule has 1 saturated carbocycles. The van der Waals surface area contributed by atoms with E-state index in [1.165, 1.54) is 31.2 Å². The van der Waals surface area contributed by atoms with Crippen LogP contribution in [0, 0.1) is 11.3 Å². The molecule has 132 valence electrons. The predicted molar refractivity (Wildman–Crippen MR) is 90.2 cm³/mol. The first-order valence-electron chi connectivity index (χ1n) is 9.21. The van der Waals surface area contributed by atoms with Crippen LogP contribution < -0.4 is 5.32 Å². The van der Waals surface area contributed by atoms with Crippen molar-refractivity contribution in [3.63, 3.8) is 0 Å². The van der Waals surface area contributed by atoms with Crippen LogP contribution >= 0.6 is 0 Å². The van der Waals surface area contributed by atoms with Crippen LogP contribution in [0.2, 0.25) is 0 Å². The lowest BCUT2D eigenvalue weighted by Gasteiger charge is -2.39. The maximum atomic E-state index is 12.3. The maximum absolute atomic E-state index is 12.3. The number of carbonyl (C=O) groups excluding carboxylic acids is 1. The molecular weight excluding hydrogens is 304 g/mol. The van der Waals surface area contributed by atoms with Gasteiger partial charge in [-0.25, -0.2) is 0 Å². The second-order valence-electron chi connectivity index (χ2n) is 8.03. The first-order valence-corrected chi connectivity index (χ1v) is 9.21. The van der Waals surface area contributed by atoms with Crippen molar-refractivity contribution in [3.8, 4) is 0 Å². The first-order chi connectivity index (χ1) is 11.6. The van der Waals surface area contributed by atoms with E-state index in [2.05, 4.69) is 21.5 Å². The van der Waals surface area contributed by atoms with Gasteiger partial charge in [0.1, 0.15) is 6.10 Å². The third kappa shape index (κ3) is 3.64. The van der Waals surface area contributed by atoms with Crippen LogP contribution in [0.1, 0.15) is 37.7 Å². The van der Waals surface area contributed by atoms with E-state index < -0.39 is 0 Å². The smallest absolute Gasteiger partial charge is 0.249 e. The largest absolute Gasteiger partial charge is 0.368 e. The van der Waals surface area contributed by atoms with E-state index >= 15 is 0 Å². The molecule has 24 heavy (non-hydrogen) atoms. The normalized spacial score (nSPS) is 30.8. The Labute approximate surface area is 143 Å². The molecule has 1 aromatic heterocycles. The van der Waals surface area contributed by atoms with Crippen molar-refractivity contribution in [2.45, 2.75) is 44.8 Å². The molecule has 2 aliphatic heterocycles. The zero-order valence-electron chi connectivity index (χ0n) is 14.5. The highest BCUT2D eigenvalue weighted by molar-refractivity contribution is 5.81. The number of carbonyl (C=O) groups is 1.